The van der Waals surface area contributed by atoms with Crippen LogP contribution in [0.2, 0.25) is 0 Å². The molecule has 1 saturated carbocycles. The Balaban J connectivity index is 1.44. The molecule has 3 N–H and O–H groups in total. The number of anilines is 2. The number of nitrogens with one attached hydrogen (secondary N) is 3. The van der Waals surface area contributed by atoms with Gasteiger partial charge in [-0.25, -0.2) is 13.1 Å². The summed E-state index contributed by atoms with van der Waals surface area (Å²) in [6.07, 6.45) is 5.69. The van der Waals surface area contributed by atoms with Crippen molar-refractivity contribution < 1.29 is 18.1 Å². The maximum Gasteiger partial charge on any atom is 0.293 e. The third kappa shape index (κ3) is 6.29. The summed E-state index contributed by atoms with van der Waals surface area (Å²) in [5, 5.41) is 18.0. The summed E-state index contributed by atoms with van der Waals surface area (Å²) in [5.74, 6) is -0.344. The molecule has 2 fully saturated rings. The minimum Gasteiger partial charge on any atom is -0.379 e. The topological polar surface area (TPSA) is 134 Å². The van der Waals surface area contributed by atoms with E-state index in [1.807, 2.05) is 4.72 Å². The first-order valence-corrected chi connectivity index (χ1v) is 13.5. The van der Waals surface area contributed by atoms with Crippen molar-refractivity contribution in [2.75, 3.05) is 42.9 Å². The van der Waals surface area contributed by atoms with Gasteiger partial charge in [0.2, 0.25) is 0 Å². The number of benzene rings is 2. The molecule has 1 aliphatic heterocycles. The molecule has 0 aromatic heterocycles. The van der Waals surface area contributed by atoms with E-state index in [0.717, 1.165) is 63.6 Å². The fourth-order valence-corrected chi connectivity index (χ4v) is 5.61. The van der Waals surface area contributed by atoms with Crippen LogP contribution in [0, 0.1) is 16.0 Å². The van der Waals surface area contributed by atoms with E-state index < -0.39 is 20.9 Å². The van der Waals surface area contributed by atoms with E-state index in [9.17, 15) is 23.3 Å². The van der Waals surface area contributed by atoms with Crippen LogP contribution in [0.1, 0.15) is 42.5 Å². The van der Waals surface area contributed by atoms with Gasteiger partial charge in [-0.1, -0.05) is 19.3 Å². The summed E-state index contributed by atoms with van der Waals surface area (Å²) in [6, 6.07) is 10.4. The van der Waals surface area contributed by atoms with Gasteiger partial charge in [0.25, 0.3) is 21.6 Å². The van der Waals surface area contributed by atoms with Crippen molar-refractivity contribution in [1.82, 2.24) is 10.0 Å². The summed E-state index contributed by atoms with van der Waals surface area (Å²) in [4.78, 5) is 25.5. The van der Waals surface area contributed by atoms with Crippen LogP contribution in [-0.4, -0.2) is 52.0 Å². The number of carbonyl (C=O) groups is 1. The van der Waals surface area contributed by atoms with Crippen LogP contribution < -0.4 is 20.3 Å². The number of sulfonamides is 1. The SMILES string of the molecule is O=C(NS(=O)(=O)c1ccc(NCC2CCCCC2)c([N+](=O)[O-])c1)c1ccc(N2CCNCC2)cc1. The number of nitro benzene ring substituents is 1. The fourth-order valence-electron chi connectivity index (χ4n) is 4.61. The third-order valence-electron chi connectivity index (χ3n) is 6.62. The van der Waals surface area contributed by atoms with E-state index in [2.05, 4.69) is 15.5 Å². The Kier molecular flexibility index (Phi) is 7.86. The van der Waals surface area contributed by atoms with Crippen molar-refractivity contribution in [3.05, 3.63) is 58.1 Å². The van der Waals surface area contributed by atoms with E-state index >= 15 is 0 Å². The summed E-state index contributed by atoms with van der Waals surface area (Å²) < 4.78 is 27.7. The highest BCUT2D eigenvalue weighted by molar-refractivity contribution is 7.90. The molecule has 0 atom stereocenters. The molecule has 2 aromatic rings. The maximum absolute atomic E-state index is 12.8. The largest absolute Gasteiger partial charge is 0.379 e. The lowest BCUT2D eigenvalue weighted by Crippen LogP contribution is -2.43. The van der Waals surface area contributed by atoms with Crippen LogP contribution in [0.5, 0.6) is 0 Å². The van der Waals surface area contributed by atoms with Gasteiger partial charge in [0.05, 0.1) is 9.82 Å². The second-order valence-corrected chi connectivity index (χ2v) is 10.7. The van der Waals surface area contributed by atoms with Crippen molar-refractivity contribution in [2.45, 2.75) is 37.0 Å². The van der Waals surface area contributed by atoms with Gasteiger partial charge in [-0.2, -0.15) is 0 Å². The zero-order valence-corrected chi connectivity index (χ0v) is 20.4. The quantitative estimate of drug-likeness (QED) is 0.371. The van der Waals surface area contributed by atoms with Crippen molar-refractivity contribution in [3.63, 3.8) is 0 Å². The number of amides is 1. The fraction of sp³-hybridized carbons (Fsp3) is 0.458. The summed E-state index contributed by atoms with van der Waals surface area (Å²) >= 11 is 0. The average Bonchev–Trinajstić information content (AvgIpc) is 2.88. The van der Waals surface area contributed by atoms with Gasteiger partial charge in [-0.15, -0.1) is 0 Å². The van der Waals surface area contributed by atoms with Crippen LogP contribution in [0.4, 0.5) is 17.1 Å². The number of hydrogen-bond donors (Lipinski definition) is 3. The van der Waals surface area contributed by atoms with Gasteiger partial charge >= 0.3 is 0 Å². The predicted octanol–water partition coefficient (Wildman–Crippen LogP) is 3.12. The highest BCUT2D eigenvalue weighted by atomic mass is 32.2. The number of carbonyl (C=O) groups excluding carboxylic acids is 1. The normalized spacial score (nSPS) is 17.1. The molecule has 35 heavy (non-hydrogen) atoms. The van der Waals surface area contributed by atoms with Crippen LogP contribution in [-0.2, 0) is 10.0 Å². The predicted molar refractivity (Wildman–Crippen MR) is 134 cm³/mol. The first kappa shape index (κ1) is 24.9. The van der Waals surface area contributed by atoms with Crippen LogP contribution >= 0.6 is 0 Å². The molecular formula is C24H31N5O5S. The lowest BCUT2D eigenvalue weighted by atomic mass is 9.89. The lowest BCUT2D eigenvalue weighted by molar-refractivity contribution is -0.384. The van der Waals surface area contributed by atoms with Crippen LogP contribution in [0.15, 0.2) is 47.4 Å². The Bertz CT molecular complexity index is 1160. The monoisotopic (exact) mass is 501 g/mol. The number of rotatable bonds is 8. The summed E-state index contributed by atoms with van der Waals surface area (Å²) in [5.41, 5.74) is 1.08. The number of nitrogens with zero attached hydrogens (tertiary/aromatic N) is 2. The van der Waals surface area contributed by atoms with Crippen LogP contribution in [0.3, 0.4) is 0 Å². The maximum atomic E-state index is 12.8. The molecule has 4 rings (SSSR count). The Labute approximate surface area is 205 Å². The Hall–Kier alpha value is -3.18. The number of nitro groups is 1. The third-order valence-corrected chi connectivity index (χ3v) is 7.95. The molecule has 1 amide bonds. The first-order valence-electron chi connectivity index (χ1n) is 12.0. The minimum atomic E-state index is -4.30. The molecule has 10 nitrogen and oxygen atoms in total. The molecule has 0 unspecified atom stereocenters. The molecule has 2 aromatic carbocycles. The molecule has 1 aliphatic carbocycles. The van der Waals surface area contributed by atoms with Crippen molar-refractivity contribution in [3.8, 4) is 0 Å². The van der Waals surface area contributed by atoms with E-state index in [-0.39, 0.29) is 21.8 Å². The number of piperazine rings is 1. The molecule has 2 aliphatic rings. The zero-order chi connectivity index (χ0) is 24.8. The second-order valence-electron chi connectivity index (χ2n) is 9.04. The number of hydrogen-bond acceptors (Lipinski definition) is 8. The van der Waals surface area contributed by atoms with Gasteiger partial charge in [-0.05, 0) is 55.2 Å². The molecule has 188 valence electrons. The van der Waals surface area contributed by atoms with Gasteiger partial charge in [0.1, 0.15) is 5.69 Å². The minimum absolute atomic E-state index is 0.188. The molecule has 1 heterocycles. The summed E-state index contributed by atoms with van der Waals surface area (Å²) in [6.45, 7) is 4.06. The van der Waals surface area contributed by atoms with Gasteiger partial charge in [0.15, 0.2) is 0 Å². The highest BCUT2D eigenvalue weighted by Gasteiger charge is 2.24. The van der Waals surface area contributed by atoms with Crippen molar-refractivity contribution in [2.24, 2.45) is 5.92 Å². The van der Waals surface area contributed by atoms with Gasteiger partial charge in [0, 0.05) is 50.0 Å². The van der Waals surface area contributed by atoms with E-state index in [0.29, 0.717) is 12.5 Å². The molecule has 0 bridgehead atoms. The van der Waals surface area contributed by atoms with Gasteiger partial charge in [-0.3, -0.25) is 14.9 Å². The van der Waals surface area contributed by atoms with Crippen molar-refractivity contribution in [1.29, 1.82) is 0 Å². The van der Waals surface area contributed by atoms with E-state index in [1.54, 1.807) is 24.3 Å². The van der Waals surface area contributed by atoms with Crippen LogP contribution in [0.25, 0.3) is 0 Å². The highest BCUT2D eigenvalue weighted by Crippen LogP contribution is 2.30. The van der Waals surface area contributed by atoms with E-state index in [4.69, 9.17) is 0 Å². The Morgan fingerprint density at radius 3 is 2.40 bits per heavy atom. The average molecular weight is 502 g/mol. The molecular weight excluding hydrogens is 470 g/mol. The lowest BCUT2D eigenvalue weighted by Gasteiger charge is -2.29. The molecule has 0 radical (unpaired) electrons. The first-order chi connectivity index (χ1) is 16.8. The van der Waals surface area contributed by atoms with E-state index in [1.165, 1.54) is 18.6 Å². The van der Waals surface area contributed by atoms with Crippen molar-refractivity contribution >= 4 is 33.0 Å². The van der Waals surface area contributed by atoms with Gasteiger partial charge < -0.3 is 15.5 Å². The molecule has 11 heteroatoms. The molecule has 1 saturated heterocycles. The molecule has 0 spiro atoms. The Morgan fingerprint density at radius 2 is 1.74 bits per heavy atom. The second kappa shape index (κ2) is 11.0. The smallest absolute Gasteiger partial charge is 0.293 e. The summed E-state index contributed by atoms with van der Waals surface area (Å²) in [7, 11) is -4.30. The standard InChI is InChI=1S/C24H31N5O5S/c30-24(19-6-8-20(9-7-19)28-14-12-25-13-15-28)27-35(33,34)21-10-11-22(23(16-21)29(31)32)26-17-18-4-2-1-3-5-18/h6-11,16,18,25-26H,1-5,12-15,17H2,(H,27,30). The zero-order valence-electron chi connectivity index (χ0n) is 19.5. The Morgan fingerprint density at radius 1 is 1.06 bits per heavy atom.